The van der Waals surface area contributed by atoms with Crippen molar-refractivity contribution in [2.24, 2.45) is 0 Å². The fourth-order valence-corrected chi connectivity index (χ4v) is 6.19. The van der Waals surface area contributed by atoms with Gasteiger partial charge in [0, 0.05) is 24.0 Å². The Kier molecular flexibility index (Phi) is 4.88. The molecule has 5 rings (SSSR count). The van der Waals surface area contributed by atoms with Crippen molar-refractivity contribution >= 4 is 39.1 Å². The highest BCUT2D eigenvalue weighted by Crippen LogP contribution is 2.33. The number of thiophene rings is 1. The van der Waals surface area contributed by atoms with Crippen LogP contribution in [-0.4, -0.2) is 35.7 Å². The number of nitrogens with zero attached hydrogens (tertiary/aromatic N) is 3. The zero-order valence-electron chi connectivity index (χ0n) is 16.9. The van der Waals surface area contributed by atoms with Crippen LogP contribution in [-0.2, 0) is 13.0 Å². The van der Waals surface area contributed by atoms with Crippen molar-refractivity contribution in [3.63, 3.8) is 0 Å². The van der Waals surface area contributed by atoms with Gasteiger partial charge < -0.3 is 9.80 Å². The van der Waals surface area contributed by atoms with Crippen LogP contribution in [0.4, 0.5) is 5.95 Å². The predicted molar refractivity (Wildman–Crippen MR) is 120 cm³/mol. The van der Waals surface area contributed by atoms with Crippen LogP contribution in [0.1, 0.15) is 36.6 Å². The van der Waals surface area contributed by atoms with E-state index < -0.39 is 0 Å². The smallest absolute Gasteiger partial charge is 0.268 e. The maximum absolute atomic E-state index is 13.9. The van der Waals surface area contributed by atoms with Gasteiger partial charge in [0.05, 0.1) is 29.5 Å². The maximum atomic E-state index is 13.9. The van der Waals surface area contributed by atoms with Gasteiger partial charge in [-0.1, -0.05) is 17.7 Å². The summed E-state index contributed by atoms with van der Waals surface area (Å²) < 4.78 is 1.80. The highest BCUT2D eigenvalue weighted by atomic mass is 35.5. The first kappa shape index (κ1) is 19.1. The topological polar surface area (TPSA) is 42.6 Å². The van der Waals surface area contributed by atoms with Crippen molar-refractivity contribution in [2.45, 2.75) is 45.2 Å². The van der Waals surface area contributed by atoms with E-state index in [9.17, 15) is 4.79 Å². The van der Waals surface area contributed by atoms with Crippen LogP contribution < -0.4 is 15.4 Å². The first-order valence-electron chi connectivity index (χ1n) is 10.4. The van der Waals surface area contributed by atoms with Crippen LogP contribution in [0.5, 0.6) is 0 Å². The second-order valence-electron chi connectivity index (χ2n) is 8.39. The second-order valence-corrected chi connectivity index (χ2v) is 9.91. The van der Waals surface area contributed by atoms with Crippen molar-refractivity contribution in [3.8, 4) is 5.69 Å². The molecule has 2 aliphatic heterocycles. The molecule has 0 radical (unpaired) electrons. The van der Waals surface area contributed by atoms with E-state index in [-0.39, 0.29) is 5.56 Å². The Morgan fingerprint density at radius 1 is 1.31 bits per heavy atom. The van der Waals surface area contributed by atoms with Crippen LogP contribution >= 0.6 is 22.9 Å². The van der Waals surface area contributed by atoms with Crippen LogP contribution in [0.15, 0.2) is 29.1 Å². The number of piperidine rings is 1. The Morgan fingerprint density at radius 2 is 2.17 bits per heavy atom. The average Bonchev–Trinajstić information content (AvgIpc) is 3.05. The zero-order valence-corrected chi connectivity index (χ0v) is 18.4. The fraction of sp³-hybridized carbons (Fsp3) is 0.455. The van der Waals surface area contributed by atoms with Crippen molar-refractivity contribution in [1.82, 2.24) is 9.55 Å². The lowest BCUT2D eigenvalue weighted by molar-refractivity contribution is -0.895. The Hall–Kier alpha value is -1.89. The van der Waals surface area contributed by atoms with E-state index in [0.29, 0.717) is 11.1 Å². The lowest BCUT2D eigenvalue weighted by atomic mass is 10.0. The number of anilines is 1. The van der Waals surface area contributed by atoms with Gasteiger partial charge in [-0.25, -0.2) is 9.55 Å². The van der Waals surface area contributed by atoms with Gasteiger partial charge in [0.1, 0.15) is 11.4 Å². The maximum Gasteiger partial charge on any atom is 0.268 e. The third kappa shape index (κ3) is 3.27. The number of hydrogen-bond acceptors (Lipinski definition) is 4. The number of likely N-dealkylation sites (N-methyl/N-ethyl adjacent to an activating group) is 1. The molecule has 0 aliphatic carbocycles. The highest BCUT2D eigenvalue weighted by Gasteiger charge is 2.29. The number of benzene rings is 1. The number of halogens is 1. The number of quaternary nitrogens is 1. The molecule has 3 aromatic rings. The monoisotopic (exact) mass is 429 g/mol. The van der Waals surface area contributed by atoms with Gasteiger partial charge in [-0.05, 0) is 49.9 Å². The minimum absolute atomic E-state index is 0.0436. The van der Waals surface area contributed by atoms with Gasteiger partial charge in [-0.2, -0.15) is 0 Å². The first-order valence-corrected chi connectivity index (χ1v) is 11.6. The summed E-state index contributed by atoms with van der Waals surface area (Å²) in [4.78, 5) is 25.0. The van der Waals surface area contributed by atoms with Crippen molar-refractivity contribution in [1.29, 1.82) is 0 Å². The third-order valence-electron chi connectivity index (χ3n) is 6.28. The summed E-state index contributed by atoms with van der Waals surface area (Å²) in [6.45, 7) is 5.19. The summed E-state index contributed by atoms with van der Waals surface area (Å²) in [5, 5.41) is 1.44. The summed E-state index contributed by atoms with van der Waals surface area (Å²) in [5.74, 6) is 0.760. The van der Waals surface area contributed by atoms with E-state index in [4.69, 9.17) is 16.6 Å². The minimum atomic E-state index is 0.0436. The molecule has 2 aliphatic rings. The molecule has 2 atom stereocenters. The van der Waals surface area contributed by atoms with Crippen LogP contribution in [0.3, 0.4) is 0 Å². The molecule has 29 heavy (non-hydrogen) atoms. The summed E-state index contributed by atoms with van der Waals surface area (Å²) in [6.07, 6.45) is 4.41. The number of rotatable bonds is 2. The number of aromatic nitrogens is 2. The molecular weight excluding hydrogens is 404 g/mol. The van der Waals surface area contributed by atoms with E-state index in [1.165, 1.54) is 21.8 Å². The van der Waals surface area contributed by atoms with E-state index >= 15 is 0 Å². The molecule has 0 amide bonds. The summed E-state index contributed by atoms with van der Waals surface area (Å²) in [6, 6.07) is 7.93. The van der Waals surface area contributed by atoms with Crippen molar-refractivity contribution in [3.05, 3.63) is 50.1 Å². The standard InChI is InChI=1S/C22H25ClN4OS/c1-14-6-3-4-10-26(14)22-24-20-19(17-9-11-25(2)13-18(17)29-20)21(28)27(22)16-8-5-7-15(23)12-16/h5,7-8,12,14H,3-4,6,9-11,13H2,1-2H3/p+1/t14-/m1/s1. The average molecular weight is 430 g/mol. The molecular formula is C22H26ClN4OS+. The quantitative estimate of drug-likeness (QED) is 0.680. The lowest BCUT2D eigenvalue weighted by Crippen LogP contribution is -3.08. The van der Waals surface area contributed by atoms with E-state index in [1.54, 1.807) is 15.9 Å². The molecule has 4 heterocycles. The van der Waals surface area contributed by atoms with Gasteiger partial charge in [0.25, 0.3) is 5.56 Å². The molecule has 1 fully saturated rings. The molecule has 0 bridgehead atoms. The van der Waals surface area contributed by atoms with Gasteiger partial charge in [-0.3, -0.25) is 4.79 Å². The molecule has 1 aromatic carbocycles. The van der Waals surface area contributed by atoms with E-state index in [1.807, 2.05) is 24.3 Å². The Bertz CT molecular complexity index is 1140. The second kappa shape index (κ2) is 7.42. The van der Waals surface area contributed by atoms with Gasteiger partial charge in [0.2, 0.25) is 5.95 Å². The van der Waals surface area contributed by atoms with Crippen LogP contribution in [0.25, 0.3) is 15.9 Å². The Labute approximate surface area is 179 Å². The van der Waals surface area contributed by atoms with E-state index in [0.717, 1.165) is 60.7 Å². The summed E-state index contributed by atoms with van der Waals surface area (Å²) >= 11 is 8.00. The minimum Gasteiger partial charge on any atom is -0.339 e. The molecule has 5 nitrogen and oxygen atoms in total. The summed E-state index contributed by atoms with van der Waals surface area (Å²) in [5.41, 5.74) is 2.05. The van der Waals surface area contributed by atoms with Crippen LogP contribution in [0, 0.1) is 0 Å². The fourth-order valence-electron chi connectivity index (χ4n) is 4.68. The Morgan fingerprint density at radius 3 is 2.97 bits per heavy atom. The molecule has 0 spiro atoms. The molecule has 152 valence electrons. The highest BCUT2D eigenvalue weighted by molar-refractivity contribution is 7.18. The number of fused-ring (bicyclic) bond motifs is 3. The first-order chi connectivity index (χ1) is 14.0. The van der Waals surface area contributed by atoms with Crippen molar-refractivity contribution in [2.75, 3.05) is 25.0 Å². The molecule has 2 aromatic heterocycles. The third-order valence-corrected chi connectivity index (χ3v) is 7.64. The van der Waals surface area contributed by atoms with Gasteiger partial charge in [-0.15, -0.1) is 11.3 Å². The number of hydrogen-bond donors (Lipinski definition) is 1. The molecule has 1 saturated heterocycles. The zero-order chi connectivity index (χ0) is 20.1. The lowest BCUT2D eigenvalue weighted by Gasteiger charge is -2.35. The van der Waals surface area contributed by atoms with Crippen molar-refractivity contribution < 1.29 is 4.90 Å². The molecule has 1 N–H and O–H groups in total. The predicted octanol–water partition coefficient (Wildman–Crippen LogP) is 3.05. The number of nitrogens with one attached hydrogen (secondary N) is 1. The Balaban J connectivity index is 1.80. The van der Waals surface area contributed by atoms with Gasteiger partial charge >= 0.3 is 0 Å². The molecule has 7 heteroatoms. The SMILES string of the molecule is C[C@@H]1CCCCN1c1nc2sc3c(c2c(=O)n1-c1cccc(Cl)c1)CC[NH+](C)C3. The normalized spacial score (nSPS) is 22.1. The van der Waals surface area contributed by atoms with E-state index in [2.05, 4.69) is 18.9 Å². The largest absolute Gasteiger partial charge is 0.339 e. The molecule has 1 unspecified atom stereocenters. The summed E-state index contributed by atoms with van der Waals surface area (Å²) in [7, 11) is 2.21. The van der Waals surface area contributed by atoms with Crippen LogP contribution in [0.2, 0.25) is 5.02 Å². The molecule has 0 saturated carbocycles. The van der Waals surface area contributed by atoms with Gasteiger partial charge in [0.15, 0.2) is 0 Å².